The largest absolute Gasteiger partial charge is 0.509 e. The Balaban J connectivity index is 3.09. The maximum Gasteiger partial charge on any atom is 0.509 e. The molecule has 94 valence electrons. The van der Waals surface area contributed by atoms with Crippen LogP contribution in [0.1, 0.15) is 25.7 Å². The SMILES string of the molecule is O=C(O)NCCCCCCOC(=O)OCCl. The molecule has 0 spiro atoms. The second-order valence-corrected chi connectivity index (χ2v) is 3.22. The van der Waals surface area contributed by atoms with Crippen LogP contribution in [0, 0.1) is 0 Å². The molecule has 0 saturated heterocycles. The third-order valence-corrected chi connectivity index (χ3v) is 1.85. The van der Waals surface area contributed by atoms with E-state index in [4.69, 9.17) is 16.7 Å². The molecule has 0 rings (SSSR count). The Kier molecular flexibility index (Phi) is 9.59. The van der Waals surface area contributed by atoms with Gasteiger partial charge >= 0.3 is 12.2 Å². The number of carbonyl (C=O) groups excluding carboxylic acids is 1. The van der Waals surface area contributed by atoms with Crippen LogP contribution in [0.4, 0.5) is 9.59 Å². The van der Waals surface area contributed by atoms with Gasteiger partial charge < -0.3 is 19.9 Å². The molecule has 7 heteroatoms. The highest BCUT2D eigenvalue weighted by Gasteiger charge is 2.01. The van der Waals surface area contributed by atoms with Crippen molar-refractivity contribution in [1.29, 1.82) is 0 Å². The van der Waals surface area contributed by atoms with Crippen LogP contribution in [0.25, 0.3) is 0 Å². The maximum absolute atomic E-state index is 10.6. The summed E-state index contributed by atoms with van der Waals surface area (Å²) in [5.41, 5.74) is 0. The van der Waals surface area contributed by atoms with Crippen molar-refractivity contribution in [3.05, 3.63) is 0 Å². The number of amides is 1. The standard InChI is InChI=1S/C9H16ClNO5/c10-7-16-9(14)15-6-4-2-1-3-5-11-8(12)13/h11H,1-7H2,(H,12,13). The fourth-order valence-electron chi connectivity index (χ4n) is 1.02. The molecule has 0 radical (unpaired) electrons. The summed E-state index contributed by atoms with van der Waals surface area (Å²) in [6.07, 6.45) is 1.49. The lowest BCUT2D eigenvalue weighted by Gasteiger charge is -2.04. The highest BCUT2D eigenvalue weighted by Crippen LogP contribution is 2.00. The van der Waals surface area contributed by atoms with Crippen LogP contribution >= 0.6 is 11.6 Å². The minimum atomic E-state index is -1.01. The fourth-order valence-corrected chi connectivity index (χ4v) is 1.11. The minimum Gasteiger partial charge on any atom is -0.465 e. The molecule has 0 aromatic rings. The second-order valence-electron chi connectivity index (χ2n) is 3.00. The Labute approximate surface area is 98.9 Å². The van der Waals surface area contributed by atoms with Crippen molar-refractivity contribution in [2.24, 2.45) is 0 Å². The summed E-state index contributed by atoms with van der Waals surface area (Å²) in [6, 6.07) is -0.209. The van der Waals surface area contributed by atoms with E-state index in [1.807, 2.05) is 0 Å². The van der Waals surface area contributed by atoms with Gasteiger partial charge in [-0.3, -0.25) is 0 Å². The lowest BCUT2D eigenvalue weighted by Crippen LogP contribution is -2.21. The predicted molar refractivity (Wildman–Crippen MR) is 57.6 cm³/mol. The van der Waals surface area contributed by atoms with Crippen LogP contribution in [-0.2, 0) is 9.47 Å². The molecule has 0 fully saturated rings. The molecule has 0 aliphatic heterocycles. The first-order chi connectivity index (χ1) is 7.66. The average molecular weight is 254 g/mol. The number of hydrogen-bond acceptors (Lipinski definition) is 4. The van der Waals surface area contributed by atoms with Gasteiger partial charge in [-0.1, -0.05) is 18.0 Å². The number of ether oxygens (including phenoxy) is 2. The van der Waals surface area contributed by atoms with Crippen LogP contribution in [0.2, 0.25) is 0 Å². The average Bonchev–Trinajstić information content (AvgIpc) is 2.22. The van der Waals surface area contributed by atoms with Crippen molar-refractivity contribution in [2.75, 3.05) is 19.2 Å². The zero-order valence-electron chi connectivity index (χ0n) is 8.91. The number of rotatable bonds is 8. The van der Waals surface area contributed by atoms with Crippen molar-refractivity contribution >= 4 is 23.8 Å². The van der Waals surface area contributed by atoms with Crippen molar-refractivity contribution < 1.29 is 24.2 Å². The molecule has 0 aromatic heterocycles. The third kappa shape index (κ3) is 10.9. The smallest absolute Gasteiger partial charge is 0.465 e. The van der Waals surface area contributed by atoms with E-state index in [1.54, 1.807) is 0 Å². The van der Waals surface area contributed by atoms with E-state index in [9.17, 15) is 9.59 Å². The van der Waals surface area contributed by atoms with Gasteiger partial charge in [0.2, 0.25) is 0 Å². The molecule has 0 heterocycles. The molecule has 0 aromatic carbocycles. The van der Waals surface area contributed by atoms with E-state index < -0.39 is 12.2 Å². The van der Waals surface area contributed by atoms with Gasteiger partial charge in [-0.15, -0.1) is 0 Å². The lowest BCUT2D eigenvalue weighted by atomic mass is 10.2. The van der Waals surface area contributed by atoms with Gasteiger partial charge in [-0.25, -0.2) is 9.59 Å². The van der Waals surface area contributed by atoms with Crippen LogP contribution in [-0.4, -0.2) is 36.6 Å². The first-order valence-corrected chi connectivity index (χ1v) is 5.52. The molecule has 1 amide bonds. The summed E-state index contributed by atoms with van der Waals surface area (Å²) in [5, 5.41) is 10.5. The van der Waals surface area contributed by atoms with Crippen LogP contribution in [0.15, 0.2) is 0 Å². The highest BCUT2D eigenvalue weighted by molar-refractivity contribution is 6.17. The topological polar surface area (TPSA) is 84.9 Å². The lowest BCUT2D eigenvalue weighted by molar-refractivity contribution is 0.0664. The number of halogens is 1. The number of carbonyl (C=O) groups is 2. The Morgan fingerprint density at radius 2 is 1.81 bits per heavy atom. The first kappa shape index (κ1) is 14.8. The van der Waals surface area contributed by atoms with Crippen molar-refractivity contribution in [3.63, 3.8) is 0 Å². The summed E-state index contributed by atoms with van der Waals surface area (Å²) >= 11 is 5.14. The molecule has 0 atom stereocenters. The number of hydrogen-bond donors (Lipinski definition) is 2. The normalized spacial score (nSPS) is 9.56. The second kappa shape index (κ2) is 10.4. The molecule has 0 bridgehead atoms. The maximum atomic E-state index is 10.6. The zero-order chi connectivity index (χ0) is 12.2. The molecule has 16 heavy (non-hydrogen) atoms. The quantitative estimate of drug-likeness (QED) is 0.393. The van der Waals surface area contributed by atoms with Crippen LogP contribution in [0.5, 0.6) is 0 Å². The molecule has 2 N–H and O–H groups in total. The van der Waals surface area contributed by atoms with E-state index in [1.165, 1.54) is 0 Å². The molecule has 0 saturated carbocycles. The minimum absolute atomic E-state index is 0.209. The Hall–Kier alpha value is -1.17. The van der Waals surface area contributed by atoms with Crippen molar-refractivity contribution in [1.82, 2.24) is 5.32 Å². The summed E-state index contributed by atoms with van der Waals surface area (Å²) in [6.45, 7) is 0.743. The van der Waals surface area contributed by atoms with Gasteiger partial charge in [0.15, 0.2) is 6.07 Å². The molecule has 0 aliphatic carbocycles. The van der Waals surface area contributed by atoms with E-state index in [0.717, 1.165) is 25.7 Å². The third-order valence-electron chi connectivity index (χ3n) is 1.74. The molecule has 6 nitrogen and oxygen atoms in total. The van der Waals surface area contributed by atoms with E-state index >= 15 is 0 Å². The summed E-state index contributed by atoms with van der Waals surface area (Å²) in [7, 11) is 0. The predicted octanol–water partition coefficient (Wildman–Crippen LogP) is 2.16. The van der Waals surface area contributed by atoms with Gasteiger partial charge in [0.25, 0.3) is 0 Å². The van der Waals surface area contributed by atoms with Gasteiger partial charge in [0, 0.05) is 6.54 Å². The van der Waals surface area contributed by atoms with Crippen LogP contribution < -0.4 is 5.32 Å². The highest BCUT2D eigenvalue weighted by atomic mass is 35.5. The molecule has 0 unspecified atom stereocenters. The number of alkyl halides is 1. The van der Waals surface area contributed by atoms with E-state index in [-0.39, 0.29) is 6.07 Å². The van der Waals surface area contributed by atoms with E-state index in [2.05, 4.69) is 14.8 Å². The van der Waals surface area contributed by atoms with Gasteiger partial charge in [-0.05, 0) is 19.3 Å². The Morgan fingerprint density at radius 1 is 1.12 bits per heavy atom. The molecule has 0 aliphatic rings. The molecular weight excluding hydrogens is 238 g/mol. The van der Waals surface area contributed by atoms with Crippen LogP contribution in [0.3, 0.4) is 0 Å². The summed E-state index contributed by atoms with van der Waals surface area (Å²) < 4.78 is 9.01. The van der Waals surface area contributed by atoms with Gasteiger partial charge in [-0.2, -0.15) is 0 Å². The number of nitrogens with one attached hydrogen (secondary N) is 1. The Bertz CT molecular complexity index is 212. The number of unbranched alkanes of at least 4 members (excludes halogenated alkanes) is 3. The monoisotopic (exact) mass is 253 g/mol. The first-order valence-electron chi connectivity index (χ1n) is 4.99. The summed E-state index contributed by atoms with van der Waals surface area (Å²) in [5.74, 6) is 0. The Morgan fingerprint density at radius 3 is 2.44 bits per heavy atom. The number of carboxylic acid groups (broad SMARTS) is 1. The zero-order valence-corrected chi connectivity index (χ0v) is 9.66. The molecular formula is C9H16ClNO5. The van der Waals surface area contributed by atoms with E-state index in [0.29, 0.717) is 13.2 Å². The summed E-state index contributed by atoms with van der Waals surface area (Å²) in [4.78, 5) is 20.7. The van der Waals surface area contributed by atoms with Gasteiger partial charge in [0.1, 0.15) is 0 Å². The van der Waals surface area contributed by atoms with Crippen molar-refractivity contribution in [3.8, 4) is 0 Å². The van der Waals surface area contributed by atoms with Gasteiger partial charge in [0.05, 0.1) is 6.61 Å². The fraction of sp³-hybridized carbons (Fsp3) is 0.778. The van der Waals surface area contributed by atoms with Crippen molar-refractivity contribution in [2.45, 2.75) is 25.7 Å².